The topological polar surface area (TPSA) is 65.2 Å². The molecule has 0 radical (unpaired) electrons. The fourth-order valence-corrected chi connectivity index (χ4v) is 2.31. The first-order chi connectivity index (χ1) is 9.79. The zero-order valence-corrected chi connectivity index (χ0v) is 12.8. The standard InChI is InChI=1S/C14H11BrF2N2O2/c1-6-3-10(12(14(18)20)7(2)19-6)21-11-5-8(15)4-9(16)13(11)17/h3-5H,1-2H3,(H2,18,20). The van der Waals surface area contributed by atoms with E-state index in [2.05, 4.69) is 20.9 Å². The van der Waals surface area contributed by atoms with Gasteiger partial charge in [-0.3, -0.25) is 9.78 Å². The maximum atomic E-state index is 13.7. The van der Waals surface area contributed by atoms with Crippen molar-refractivity contribution in [3.8, 4) is 11.5 Å². The second kappa shape index (κ2) is 5.77. The van der Waals surface area contributed by atoms with E-state index in [0.29, 0.717) is 15.9 Å². The van der Waals surface area contributed by atoms with Crippen molar-refractivity contribution in [2.75, 3.05) is 0 Å². The lowest BCUT2D eigenvalue weighted by Gasteiger charge is -2.13. The molecule has 2 aromatic rings. The zero-order chi connectivity index (χ0) is 15.7. The number of carbonyl (C=O) groups excluding carboxylic acids is 1. The van der Waals surface area contributed by atoms with E-state index >= 15 is 0 Å². The van der Waals surface area contributed by atoms with Gasteiger partial charge in [0, 0.05) is 16.2 Å². The summed E-state index contributed by atoms with van der Waals surface area (Å²) in [6.07, 6.45) is 0. The van der Waals surface area contributed by atoms with Crippen LogP contribution in [-0.2, 0) is 0 Å². The highest BCUT2D eigenvalue weighted by molar-refractivity contribution is 9.10. The van der Waals surface area contributed by atoms with Gasteiger partial charge in [-0.15, -0.1) is 0 Å². The molecule has 0 atom stereocenters. The number of pyridine rings is 1. The lowest BCUT2D eigenvalue weighted by molar-refractivity contribution is 0.0997. The highest BCUT2D eigenvalue weighted by Gasteiger charge is 2.19. The highest BCUT2D eigenvalue weighted by atomic mass is 79.9. The van der Waals surface area contributed by atoms with Crippen molar-refractivity contribution in [2.45, 2.75) is 13.8 Å². The van der Waals surface area contributed by atoms with Crippen LogP contribution in [0.3, 0.4) is 0 Å². The van der Waals surface area contributed by atoms with E-state index in [9.17, 15) is 13.6 Å². The summed E-state index contributed by atoms with van der Waals surface area (Å²) in [6.45, 7) is 3.26. The van der Waals surface area contributed by atoms with Gasteiger partial charge in [0.15, 0.2) is 11.6 Å². The monoisotopic (exact) mass is 356 g/mol. The summed E-state index contributed by atoms with van der Waals surface area (Å²) < 4.78 is 32.8. The number of aromatic nitrogens is 1. The van der Waals surface area contributed by atoms with Crippen LogP contribution in [0.1, 0.15) is 21.7 Å². The fraction of sp³-hybridized carbons (Fsp3) is 0.143. The molecule has 7 heteroatoms. The van der Waals surface area contributed by atoms with Gasteiger partial charge in [0.1, 0.15) is 11.3 Å². The molecule has 21 heavy (non-hydrogen) atoms. The van der Waals surface area contributed by atoms with Crippen LogP contribution in [0.5, 0.6) is 11.5 Å². The van der Waals surface area contributed by atoms with Gasteiger partial charge in [-0.1, -0.05) is 15.9 Å². The van der Waals surface area contributed by atoms with Gasteiger partial charge in [0.05, 0.1) is 5.69 Å². The fourth-order valence-electron chi connectivity index (χ4n) is 1.90. The van der Waals surface area contributed by atoms with Crippen molar-refractivity contribution in [1.29, 1.82) is 0 Å². The number of rotatable bonds is 3. The van der Waals surface area contributed by atoms with E-state index in [1.54, 1.807) is 13.8 Å². The van der Waals surface area contributed by atoms with E-state index in [0.717, 1.165) is 6.07 Å². The molecule has 1 aromatic heterocycles. The molecule has 0 bridgehead atoms. The third kappa shape index (κ3) is 3.18. The van der Waals surface area contributed by atoms with E-state index in [1.165, 1.54) is 12.1 Å². The van der Waals surface area contributed by atoms with Gasteiger partial charge in [-0.2, -0.15) is 4.39 Å². The molecular weight excluding hydrogens is 346 g/mol. The van der Waals surface area contributed by atoms with Gasteiger partial charge in [-0.25, -0.2) is 4.39 Å². The molecular formula is C14H11BrF2N2O2. The van der Waals surface area contributed by atoms with Crippen molar-refractivity contribution in [1.82, 2.24) is 4.98 Å². The molecule has 4 nitrogen and oxygen atoms in total. The summed E-state index contributed by atoms with van der Waals surface area (Å²) in [4.78, 5) is 15.6. The maximum Gasteiger partial charge on any atom is 0.254 e. The van der Waals surface area contributed by atoms with Crippen LogP contribution >= 0.6 is 15.9 Å². The predicted molar refractivity (Wildman–Crippen MR) is 76.4 cm³/mol. The van der Waals surface area contributed by atoms with Crippen LogP contribution in [0.25, 0.3) is 0 Å². The average Bonchev–Trinajstić information content (AvgIpc) is 2.33. The average molecular weight is 357 g/mol. The minimum absolute atomic E-state index is 0.0281. The number of nitrogens with two attached hydrogens (primary N) is 1. The third-order valence-corrected chi connectivity index (χ3v) is 3.18. The van der Waals surface area contributed by atoms with Crippen LogP contribution in [0.15, 0.2) is 22.7 Å². The molecule has 0 fully saturated rings. The summed E-state index contributed by atoms with van der Waals surface area (Å²) in [7, 11) is 0. The van der Waals surface area contributed by atoms with Crippen LogP contribution in [-0.4, -0.2) is 10.9 Å². The summed E-state index contributed by atoms with van der Waals surface area (Å²) in [5.74, 6) is -3.30. The number of hydrogen-bond acceptors (Lipinski definition) is 3. The number of ether oxygens (including phenoxy) is 1. The Hall–Kier alpha value is -2.02. The van der Waals surface area contributed by atoms with E-state index in [-0.39, 0.29) is 17.1 Å². The Labute approximate surface area is 128 Å². The Morgan fingerprint density at radius 1 is 1.24 bits per heavy atom. The Balaban J connectivity index is 2.57. The molecule has 2 rings (SSSR count). The molecule has 1 heterocycles. The van der Waals surface area contributed by atoms with E-state index in [1.807, 2.05) is 0 Å². The minimum atomic E-state index is -1.15. The molecule has 0 saturated heterocycles. The van der Waals surface area contributed by atoms with E-state index < -0.39 is 17.5 Å². The van der Waals surface area contributed by atoms with Crippen LogP contribution in [0, 0.1) is 25.5 Å². The summed E-state index contributed by atoms with van der Waals surface area (Å²) in [6, 6.07) is 3.67. The van der Waals surface area contributed by atoms with Crippen molar-refractivity contribution in [3.05, 3.63) is 51.3 Å². The highest BCUT2D eigenvalue weighted by Crippen LogP contribution is 2.32. The molecule has 2 N–H and O–H groups in total. The Morgan fingerprint density at radius 3 is 2.52 bits per heavy atom. The van der Waals surface area contributed by atoms with Crippen molar-refractivity contribution < 1.29 is 18.3 Å². The SMILES string of the molecule is Cc1cc(Oc2cc(Br)cc(F)c2F)c(C(N)=O)c(C)n1. The smallest absolute Gasteiger partial charge is 0.254 e. The summed E-state index contributed by atoms with van der Waals surface area (Å²) in [5.41, 5.74) is 6.22. The number of nitrogens with zero attached hydrogens (tertiary/aromatic N) is 1. The number of aryl methyl sites for hydroxylation is 2. The number of hydrogen-bond donors (Lipinski definition) is 1. The second-order valence-electron chi connectivity index (χ2n) is 4.39. The van der Waals surface area contributed by atoms with Gasteiger partial charge >= 0.3 is 0 Å². The predicted octanol–water partition coefficient (Wildman–Crippen LogP) is 3.63. The molecule has 0 aliphatic carbocycles. The second-order valence-corrected chi connectivity index (χ2v) is 5.30. The van der Waals surface area contributed by atoms with Crippen molar-refractivity contribution in [2.24, 2.45) is 5.73 Å². The van der Waals surface area contributed by atoms with Gasteiger partial charge < -0.3 is 10.5 Å². The van der Waals surface area contributed by atoms with Crippen LogP contribution in [0.2, 0.25) is 0 Å². The third-order valence-electron chi connectivity index (χ3n) is 2.72. The normalized spacial score (nSPS) is 10.5. The van der Waals surface area contributed by atoms with Gasteiger partial charge in [-0.05, 0) is 26.0 Å². The molecule has 0 unspecified atom stereocenters. The number of primary amides is 1. The first-order valence-corrected chi connectivity index (χ1v) is 6.69. The quantitative estimate of drug-likeness (QED) is 0.854. The first-order valence-electron chi connectivity index (χ1n) is 5.90. The van der Waals surface area contributed by atoms with Crippen molar-refractivity contribution in [3.63, 3.8) is 0 Å². The summed E-state index contributed by atoms with van der Waals surface area (Å²) >= 11 is 3.05. The summed E-state index contributed by atoms with van der Waals surface area (Å²) in [5, 5.41) is 0. The largest absolute Gasteiger partial charge is 0.453 e. The molecule has 0 saturated carbocycles. The van der Waals surface area contributed by atoms with Crippen LogP contribution < -0.4 is 10.5 Å². The maximum absolute atomic E-state index is 13.7. The molecule has 110 valence electrons. The Bertz CT molecular complexity index is 735. The molecule has 1 amide bonds. The van der Waals surface area contributed by atoms with E-state index in [4.69, 9.17) is 10.5 Å². The minimum Gasteiger partial charge on any atom is -0.453 e. The molecule has 0 spiro atoms. The number of halogens is 3. The van der Waals surface area contributed by atoms with Crippen molar-refractivity contribution >= 4 is 21.8 Å². The lowest BCUT2D eigenvalue weighted by atomic mass is 10.1. The van der Waals surface area contributed by atoms with Gasteiger partial charge in [0.2, 0.25) is 5.82 Å². The first kappa shape index (κ1) is 15.4. The number of carbonyl (C=O) groups is 1. The molecule has 0 aliphatic rings. The van der Waals surface area contributed by atoms with Crippen LogP contribution in [0.4, 0.5) is 8.78 Å². The number of benzene rings is 1. The number of amides is 1. The lowest BCUT2D eigenvalue weighted by Crippen LogP contribution is -2.15. The molecule has 1 aromatic carbocycles. The van der Waals surface area contributed by atoms with Gasteiger partial charge in [0.25, 0.3) is 5.91 Å². The Morgan fingerprint density at radius 2 is 1.90 bits per heavy atom. The zero-order valence-electron chi connectivity index (χ0n) is 11.2. The Kier molecular flexibility index (Phi) is 4.22. The molecule has 0 aliphatic heterocycles.